The lowest BCUT2D eigenvalue weighted by atomic mass is 10.2. The Morgan fingerprint density at radius 2 is 2.14 bits per heavy atom. The summed E-state index contributed by atoms with van der Waals surface area (Å²) in [5.74, 6) is 1.08. The van der Waals surface area contributed by atoms with Crippen LogP contribution in [0.1, 0.15) is 18.9 Å². The summed E-state index contributed by atoms with van der Waals surface area (Å²) in [4.78, 5) is 10.3. The summed E-state index contributed by atoms with van der Waals surface area (Å²) in [6, 6.07) is 7.70. The summed E-state index contributed by atoms with van der Waals surface area (Å²) in [7, 11) is 1.92. The van der Waals surface area contributed by atoms with Gasteiger partial charge in [0, 0.05) is 18.6 Å². The fraction of sp³-hybridized carbons (Fsp3) is 0.333. The van der Waals surface area contributed by atoms with E-state index in [0.717, 1.165) is 12.0 Å². The van der Waals surface area contributed by atoms with E-state index in [4.69, 9.17) is 22.1 Å². The molecule has 2 N–H and O–H groups in total. The zero-order chi connectivity index (χ0) is 15.2. The largest absolute Gasteiger partial charge is 0.476 e. The van der Waals surface area contributed by atoms with Crippen molar-refractivity contribution < 1.29 is 4.74 Å². The normalized spacial score (nSPS) is 10.4. The van der Waals surface area contributed by atoms with E-state index < -0.39 is 0 Å². The number of benzene rings is 1. The molecule has 1 aromatic heterocycles. The predicted molar refractivity (Wildman–Crippen MR) is 85.8 cm³/mol. The highest BCUT2D eigenvalue weighted by Crippen LogP contribution is 2.28. The molecule has 5 nitrogen and oxygen atoms in total. The molecule has 0 aliphatic carbocycles. The number of nitrogens with zero attached hydrogens (tertiary/aromatic N) is 3. The topological polar surface area (TPSA) is 64.3 Å². The van der Waals surface area contributed by atoms with E-state index in [1.807, 2.05) is 43.1 Å². The third kappa shape index (κ3) is 3.98. The molecule has 21 heavy (non-hydrogen) atoms. The van der Waals surface area contributed by atoms with Crippen LogP contribution in [-0.4, -0.2) is 23.6 Å². The van der Waals surface area contributed by atoms with Crippen molar-refractivity contribution in [2.45, 2.75) is 19.9 Å². The van der Waals surface area contributed by atoms with Gasteiger partial charge in [-0.1, -0.05) is 30.7 Å². The molecule has 0 unspecified atom stereocenters. The molecule has 0 aliphatic rings. The fourth-order valence-electron chi connectivity index (χ4n) is 1.97. The summed E-state index contributed by atoms with van der Waals surface area (Å²) in [6.45, 7) is 3.26. The van der Waals surface area contributed by atoms with E-state index in [9.17, 15) is 0 Å². The zero-order valence-corrected chi connectivity index (χ0v) is 13.0. The molecule has 6 heteroatoms. The van der Waals surface area contributed by atoms with Gasteiger partial charge in [-0.25, -0.2) is 4.98 Å². The first-order valence-corrected chi connectivity index (χ1v) is 7.18. The van der Waals surface area contributed by atoms with Crippen LogP contribution in [0.15, 0.2) is 30.6 Å². The number of hydrogen-bond donors (Lipinski definition) is 1. The summed E-state index contributed by atoms with van der Waals surface area (Å²) >= 11 is 6.00. The van der Waals surface area contributed by atoms with Crippen LogP contribution in [0.25, 0.3) is 0 Å². The molecule has 1 aromatic carbocycles. The van der Waals surface area contributed by atoms with Crippen LogP contribution in [0.5, 0.6) is 5.88 Å². The highest BCUT2D eigenvalue weighted by Gasteiger charge is 2.13. The standard InChI is InChI=1S/C15H19ClN4O/c1-3-7-21-15-13(17)14(18-10-19-15)20(2)9-11-5-4-6-12(16)8-11/h4-6,8,10H,3,7,9,17H2,1-2H3. The average molecular weight is 307 g/mol. The van der Waals surface area contributed by atoms with Crippen LogP contribution in [-0.2, 0) is 6.54 Å². The molecular formula is C15H19ClN4O. The van der Waals surface area contributed by atoms with E-state index in [-0.39, 0.29) is 0 Å². The number of halogens is 1. The van der Waals surface area contributed by atoms with Gasteiger partial charge in [0.15, 0.2) is 5.82 Å². The van der Waals surface area contributed by atoms with Crippen LogP contribution in [0, 0.1) is 0 Å². The van der Waals surface area contributed by atoms with Gasteiger partial charge in [-0.3, -0.25) is 0 Å². The maximum absolute atomic E-state index is 6.09. The average Bonchev–Trinajstić information content (AvgIpc) is 2.46. The Bertz CT molecular complexity index is 606. The molecule has 2 aromatic rings. The Labute approximate surface area is 129 Å². The van der Waals surface area contributed by atoms with E-state index in [1.54, 1.807) is 0 Å². The Morgan fingerprint density at radius 1 is 1.33 bits per heavy atom. The predicted octanol–water partition coefficient (Wildman–Crippen LogP) is 3.14. The van der Waals surface area contributed by atoms with Crippen molar-refractivity contribution in [1.29, 1.82) is 0 Å². The quantitative estimate of drug-likeness (QED) is 0.888. The number of anilines is 2. The molecule has 112 valence electrons. The third-order valence-electron chi connectivity index (χ3n) is 2.94. The molecule has 1 heterocycles. The lowest BCUT2D eigenvalue weighted by Crippen LogP contribution is -2.20. The molecule has 0 atom stereocenters. The molecule has 0 bridgehead atoms. The number of nitrogen functional groups attached to an aromatic ring is 1. The monoisotopic (exact) mass is 306 g/mol. The van der Waals surface area contributed by atoms with Gasteiger partial charge in [-0.2, -0.15) is 4.98 Å². The van der Waals surface area contributed by atoms with Gasteiger partial charge in [-0.15, -0.1) is 0 Å². The van der Waals surface area contributed by atoms with Gasteiger partial charge in [0.2, 0.25) is 5.88 Å². The van der Waals surface area contributed by atoms with Gasteiger partial charge < -0.3 is 15.4 Å². The van der Waals surface area contributed by atoms with E-state index in [2.05, 4.69) is 9.97 Å². The molecule has 0 saturated heterocycles. The Kier molecular flexibility index (Phi) is 5.22. The van der Waals surface area contributed by atoms with Crippen molar-refractivity contribution in [3.63, 3.8) is 0 Å². The van der Waals surface area contributed by atoms with Crippen molar-refractivity contribution in [3.05, 3.63) is 41.2 Å². The van der Waals surface area contributed by atoms with Crippen LogP contribution >= 0.6 is 11.6 Å². The maximum Gasteiger partial charge on any atom is 0.242 e. The Morgan fingerprint density at radius 3 is 2.86 bits per heavy atom. The molecule has 2 rings (SSSR count). The van der Waals surface area contributed by atoms with Crippen molar-refractivity contribution in [3.8, 4) is 5.88 Å². The Balaban J connectivity index is 2.17. The summed E-state index contributed by atoms with van der Waals surface area (Å²) in [5.41, 5.74) is 7.63. The van der Waals surface area contributed by atoms with E-state index in [1.165, 1.54) is 6.33 Å². The highest BCUT2D eigenvalue weighted by atomic mass is 35.5. The first-order chi connectivity index (χ1) is 10.1. The molecular weight excluding hydrogens is 288 g/mol. The zero-order valence-electron chi connectivity index (χ0n) is 12.2. The number of ether oxygens (including phenoxy) is 1. The van der Waals surface area contributed by atoms with Gasteiger partial charge in [0.25, 0.3) is 0 Å². The van der Waals surface area contributed by atoms with E-state index >= 15 is 0 Å². The molecule has 0 fully saturated rings. The van der Waals surface area contributed by atoms with Crippen molar-refractivity contribution in [2.24, 2.45) is 0 Å². The van der Waals surface area contributed by atoms with E-state index in [0.29, 0.717) is 35.6 Å². The van der Waals surface area contributed by atoms with Gasteiger partial charge in [0.1, 0.15) is 12.0 Å². The lowest BCUT2D eigenvalue weighted by Gasteiger charge is -2.20. The fourth-order valence-corrected chi connectivity index (χ4v) is 2.19. The summed E-state index contributed by atoms with van der Waals surface area (Å²) < 4.78 is 5.52. The number of nitrogens with two attached hydrogens (primary N) is 1. The Hall–Kier alpha value is -2.01. The molecule has 0 spiro atoms. The molecule has 0 radical (unpaired) electrons. The molecule has 0 saturated carbocycles. The minimum Gasteiger partial charge on any atom is -0.476 e. The molecule has 0 amide bonds. The summed E-state index contributed by atoms with van der Waals surface area (Å²) in [5, 5.41) is 0.712. The number of rotatable bonds is 6. The van der Waals surface area contributed by atoms with Crippen molar-refractivity contribution >= 4 is 23.1 Å². The first kappa shape index (κ1) is 15.4. The minimum absolute atomic E-state index is 0.430. The molecule has 0 aliphatic heterocycles. The van der Waals surface area contributed by atoms with Gasteiger partial charge in [-0.05, 0) is 24.1 Å². The summed E-state index contributed by atoms with van der Waals surface area (Å²) in [6.07, 6.45) is 2.36. The lowest BCUT2D eigenvalue weighted by molar-refractivity contribution is 0.306. The van der Waals surface area contributed by atoms with Crippen LogP contribution in [0.4, 0.5) is 11.5 Å². The second-order valence-electron chi connectivity index (χ2n) is 4.75. The first-order valence-electron chi connectivity index (χ1n) is 6.80. The van der Waals surface area contributed by atoms with Crippen LogP contribution < -0.4 is 15.4 Å². The van der Waals surface area contributed by atoms with Gasteiger partial charge >= 0.3 is 0 Å². The minimum atomic E-state index is 0.430. The number of hydrogen-bond acceptors (Lipinski definition) is 5. The second-order valence-corrected chi connectivity index (χ2v) is 5.19. The second kappa shape index (κ2) is 7.13. The SMILES string of the molecule is CCCOc1ncnc(N(C)Cc2cccc(Cl)c2)c1N. The highest BCUT2D eigenvalue weighted by molar-refractivity contribution is 6.30. The number of aromatic nitrogens is 2. The maximum atomic E-state index is 6.09. The van der Waals surface area contributed by atoms with Gasteiger partial charge in [0.05, 0.1) is 6.61 Å². The smallest absolute Gasteiger partial charge is 0.242 e. The van der Waals surface area contributed by atoms with Crippen LogP contribution in [0.3, 0.4) is 0 Å². The van der Waals surface area contributed by atoms with Crippen LogP contribution in [0.2, 0.25) is 5.02 Å². The van der Waals surface area contributed by atoms with Crippen molar-refractivity contribution in [1.82, 2.24) is 9.97 Å². The third-order valence-corrected chi connectivity index (χ3v) is 3.17. The van der Waals surface area contributed by atoms with Crippen molar-refractivity contribution in [2.75, 3.05) is 24.3 Å².